The van der Waals surface area contributed by atoms with Gasteiger partial charge in [0.25, 0.3) is 5.56 Å². The molecule has 1 aromatic heterocycles. The zero-order chi connectivity index (χ0) is 29.5. The SMILES string of the molecule is NC(=O)C1(C(=O)OCCc2ccccc2)CCC(Cn2c(SCC(=O)c3ccccc3)nc3ccccc3c2=O)CC1. The maximum atomic E-state index is 13.6. The molecule has 2 N–H and O–H groups in total. The van der Waals surface area contributed by atoms with Gasteiger partial charge in [0, 0.05) is 18.5 Å². The van der Waals surface area contributed by atoms with E-state index in [4.69, 9.17) is 15.5 Å². The fraction of sp³-hybridized carbons (Fsp3) is 0.303. The number of primary amides is 1. The molecule has 1 amide bonds. The van der Waals surface area contributed by atoms with Gasteiger partial charge in [0.05, 0.1) is 23.3 Å². The third kappa shape index (κ3) is 6.46. The first-order valence-electron chi connectivity index (χ1n) is 14.1. The van der Waals surface area contributed by atoms with Crippen molar-refractivity contribution in [1.29, 1.82) is 0 Å². The molecule has 0 unspecified atom stereocenters. The second kappa shape index (κ2) is 13.2. The molecule has 0 radical (unpaired) electrons. The minimum absolute atomic E-state index is 0.0134. The average Bonchev–Trinajstić information content (AvgIpc) is 3.02. The summed E-state index contributed by atoms with van der Waals surface area (Å²) in [6, 6.07) is 25.9. The first-order chi connectivity index (χ1) is 20.4. The molecule has 42 heavy (non-hydrogen) atoms. The predicted octanol–water partition coefficient (Wildman–Crippen LogP) is 4.82. The summed E-state index contributed by atoms with van der Waals surface area (Å²) in [5.41, 5.74) is 6.43. The Morgan fingerprint density at radius 3 is 2.26 bits per heavy atom. The van der Waals surface area contributed by atoms with Crippen LogP contribution < -0.4 is 11.3 Å². The second-order valence-electron chi connectivity index (χ2n) is 10.7. The normalized spacial score (nSPS) is 18.4. The molecule has 0 saturated heterocycles. The summed E-state index contributed by atoms with van der Waals surface area (Å²) in [4.78, 5) is 56.8. The highest BCUT2D eigenvalue weighted by Crippen LogP contribution is 2.41. The van der Waals surface area contributed by atoms with E-state index in [0.29, 0.717) is 47.4 Å². The van der Waals surface area contributed by atoms with Gasteiger partial charge >= 0.3 is 5.97 Å². The summed E-state index contributed by atoms with van der Waals surface area (Å²) >= 11 is 1.24. The molecule has 0 aliphatic heterocycles. The summed E-state index contributed by atoms with van der Waals surface area (Å²) in [6.07, 6.45) is 2.09. The molecular weight excluding hydrogens is 550 g/mol. The van der Waals surface area contributed by atoms with Gasteiger partial charge in [-0.1, -0.05) is 84.6 Å². The number of hydrogen-bond donors (Lipinski definition) is 1. The van der Waals surface area contributed by atoms with Crippen LogP contribution in [-0.4, -0.2) is 39.6 Å². The smallest absolute Gasteiger partial charge is 0.321 e. The number of amides is 1. The molecular formula is C33H33N3O5S. The predicted molar refractivity (Wildman–Crippen MR) is 162 cm³/mol. The van der Waals surface area contributed by atoms with Gasteiger partial charge in [0.2, 0.25) is 5.91 Å². The number of nitrogens with two attached hydrogens (primary N) is 1. The van der Waals surface area contributed by atoms with Crippen LogP contribution in [0.5, 0.6) is 0 Å². The summed E-state index contributed by atoms with van der Waals surface area (Å²) in [5, 5.41) is 0.968. The molecule has 0 spiro atoms. The van der Waals surface area contributed by atoms with Crippen molar-refractivity contribution in [2.75, 3.05) is 12.4 Å². The number of rotatable bonds is 11. The van der Waals surface area contributed by atoms with Gasteiger partial charge in [-0.3, -0.25) is 23.7 Å². The number of Topliss-reactive ketones (excluding diaryl/α,β-unsaturated/α-hetero) is 1. The van der Waals surface area contributed by atoms with E-state index < -0.39 is 17.3 Å². The fourth-order valence-corrected chi connectivity index (χ4v) is 6.37. The number of aromatic nitrogens is 2. The Hall–Kier alpha value is -4.24. The fourth-order valence-electron chi connectivity index (χ4n) is 5.46. The number of ketones is 1. The lowest BCUT2D eigenvalue weighted by Gasteiger charge is -2.36. The van der Waals surface area contributed by atoms with Crippen LogP contribution in [0.2, 0.25) is 0 Å². The lowest BCUT2D eigenvalue weighted by molar-refractivity contribution is -0.163. The molecule has 1 aliphatic carbocycles. The summed E-state index contributed by atoms with van der Waals surface area (Å²) in [5.74, 6) is -1.15. The number of thioether (sulfide) groups is 1. The molecule has 9 heteroatoms. The molecule has 0 bridgehead atoms. The lowest BCUT2D eigenvalue weighted by Crippen LogP contribution is -2.48. The molecule has 1 aliphatic rings. The Bertz CT molecular complexity index is 1630. The molecule has 216 valence electrons. The zero-order valence-corrected chi connectivity index (χ0v) is 24.1. The van der Waals surface area contributed by atoms with Gasteiger partial charge in [-0.25, -0.2) is 4.98 Å². The van der Waals surface area contributed by atoms with Crippen LogP contribution in [0.4, 0.5) is 0 Å². The Kier molecular flexibility index (Phi) is 9.17. The highest BCUT2D eigenvalue weighted by Gasteiger charge is 2.48. The van der Waals surface area contributed by atoms with Crippen molar-refractivity contribution in [3.05, 3.63) is 106 Å². The van der Waals surface area contributed by atoms with Crippen molar-refractivity contribution in [2.24, 2.45) is 17.1 Å². The quantitative estimate of drug-likeness (QED) is 0.0883. The van der Waals surface area contributed by atoms with Gasteiger partial charge in [-0.15, -0.1) is 0 Å². The highest BCUT2D eigenvalue weighted by atomic mass is 32.2. The van der Waals surface area contributed by atoms with Crippen LogP contribution in [-0.2, 0) is 27.3 Å². The van der Waals surface area contributed by atoms with E-state index in [1.807, 2.05) is 54.6 Å². The number of fused-ring (bicyclic) bond motifs is 1. The van der Waals surface area contributed by atoms with E-state index in [-0.39, 0.29) is 42.5 Å². The number of esters is 1. The molecule has 1 saturated carbocycles. The van der Waals surface area contributed by atoms with Crippen LogP contribution in [0.3, 0.4) is 0 Å². The van der Waals surface area contributed by atoms with Crippen LogP contribution in [0.1, 0.15) is 41.6 Å². The van der Waals surface area contributed by atoms with Gasteiger partial charge in [0.1, 0.15) is 5.41 Å². The van der Waals surface area contributed by atoms with Crippen molar-refractivity contribution < 1.29 is 19.1 Å². The first kappa shape index (κ1) is 29.3. The number of benzene rings is 3. The summed E-state index contributed by atoms with van der Waals surface area (Å²) in [6.45, 7) is 0.526. The lowest BCUT2D eigenvalue weighted by atomic mass is 9.70. The number of ether oxygens (including phenoxy) is 1. The molecule has 5 rings (SSSR count). The maximum absolute atomic E-state index is 13.6. The first-order valence-corrected chi connectivity index (χ1v) is 15.1. The molecule has 8 nitrogen and oxygen atoms in total. The van der Waals surface area contributed by atoms with Crippen LogP contribution in [0.25, 0.3) is 10.9 Å². The Morgan fingerprint density at radius 1 is 0.929 bits per heavy atom. The third-order valence-corrected chi connectivity index (χ3v) is 8.96. The molecule has 3 aromatic carbocycles. The number of hydrogen-bond acceptors (Lipinski definition) is 7. The largest absolute Gasteiger partial charge is 0.465 e. The zero-order valence-electron chi connectivity index (χ0n) is 23.2. The third-order valence-electron chi connectivity index (χ3n) is 7.98. The second-order valence-corrected chi connectivity index (χ2v) is 11.6. The maximum Gasteiger partial charge on any atom is 0.321 e. The number of carbonyl (C=O) groups excluding carboxylic acids is 3. The number of carbonyl (C=O) groups is 3. The monoisotopic (exact) mass is 583 g/mol. The van der Waals surface area contributed by atoms with Crippen LogP contribution in [0, 0.1) is 11.3 Å². The summed E-state index contributed by atoms with van der Waals surface area (Å²) < 4.78 is 7.17. The van der Waals surface area contributed by atoms with E-state index in [9.17, 15) is 19.2 Å². The van der Waals surface area contributed by atoms with Gasteiger partial charge in [-0.2, -0.15) is 0 Å². The topological polar surface area (TPSA) is 121 Å². The number of para-hydroxylation sites is 1. The molecule has 1 fully saturated rings. The standard InChI is InChI=1S/C33H33N3O5S/c34-30(39)33(31(40)41-20-17-23-9-3-1-4-10-23)18-15-24(16-19-33)21-36-29(38)26-13-7-8-14-27(26)35-32(36)42-22-28(37)25-11-5-2-6-12-25/h1-14,24H,15-22H2,(H2,34,39). The van der Waals surface area contributed by atoms with Crippen molar-refractivity contribution in [2.45, 2.75) is 43.8 Å². The summed E-state index contributed by atoms with van der Waals surface area (Å²) in [7, 11) is 0. The van der Waals surface area contributed by atoms with Crippen molar-refractivity contribution in [3.8, 4) is 0 Å². The van der Waals surface area contributed by atoms with Crippen molar-refractivity contribution >= 4 is 40.3 Å². The van der Waals surface area contributed by atoms with E-state index >= 15 is 0 Å². The minimum atomic E-state index is -1.38. The van der Waals surface area contributed by atoms with Crippen molar-refractivity contribution in [1.82, 2.24) is 9.55 Å². The molecule has 1 heterocycles. The minimum Gasteiger partial charge on any atom is -0.465 e. The van der Waals surface area contributed by atoms with Gasteiger partial charge in [0.15, 0.2) is 10.9 Å². The molecule has 4 aromatic rings. The van der Waals surface area contributed by atoms with Gasteiger partial charge < -0.3 is 10.5 Å². The van der Waals surface area contributed by atoms with E-state index in [1.54, 1.807) is 34.9 Å². The Morgan fingerprint density at radius 2 is 1.57 bits per heavy atom. The molecule has 0 atom stereocenters. The Labute approximate surface area is 248 Å². The van der Waals surface area contributed by atoms with Gasteiger partial charge in [-0.05, 0) is 49.3 Å². The number of nitrogens with zero attached hydrogens (tertiary/aromatic N) is 2. The van der Waals surface area contributed by atoms with Crippen LogP contribution in [0.15, 0.2) is 94.9 Å². The van der Waals surface area contributed by atoms with Crippen LogP contribution >= 0.6 is 11.8 Å². The van der Waals surface area contributed by atoms with E-state index in [0.717, 1.165) is 5.56 Å². The average molecular weight is 584 g/mol. The highest BCUT2D eigenvalue weighted by molar-refractivity contribution is 7.99. The Balaban J connectivity index is 1.29. The van der Waals surface area contributed by atoms with E-state index in [1.165, 1.54) is 11.8 Å². The van der Waals surface area contributed by atoms with Crippen molar-refractivity contribution in [3.63, 3.8) is 0 Å². The van der Waals surface area contributed by atoms with E-state index in [2.05, 4.69) is 0 Å².